The van der Waals surface area contributed by atoms with Crippen molar-refractivity contribution in [2.24, 2.45) is 5.92 Å². The van der Waals surface area contributed by atoms with Crippen LogP contribution in [0.4, 0.5) is 23.2 Å². The first-order valence-electron chi connectivity index (χ1n) is 8.94. The highest BCUT2D eigenvalue weighted by Gasteiger charge is 2.57. The summed E-state index contributed by atoms with van der Waals surface area (Å²) < 4.78 is 58.7. The number of fused-ring (bicyclic) bond motifs is 2. The largest absolute Gasteiger partial charge is 0.416 e. The summed E-state index contributed by atoms with van der Waals surface area (Å²) in [6.45, 7) is 1.81. The van der Waals surface area contributed by atoms with Crippen LogP contribution in [0.2, 0.25) is 0 Å². The number of alkyl halides is 4. The van der Waals surface area contributed by atoms with Gasteiger partial charge in [-0.25, -0.2) is 4.39 Å². The molecule has 8 heteroatoms. The summed E-state index contributed by atoms with van der Waals surface area (Å²) in [5, 5.41) is 2.51. The first-order valence-corrected chi connectivity index (χ1v) is 8.94. The third kappa shape index (κ3) is 3.37. The van der Waals surface area contributed by atoms with Gasteiger partial charge in [-0.2, -0.15) is 13.2 Å². The third-order valence-corrected chi connectivity index (χ3v) is 5.35. The van der Waals surface area contributed by atoms with Gasteiger partial charge in [-0.05, 0) is 42.8 Å². The van der Waals surface area contributed by atoms with E-state index < -0.39 is 41.9 Å². The molecule has 2 aliphatic heterocycles. The number of aryl methyl sites for hydroxylation is 1. The zero-order valence-corrected chi connectivity index (χ0v) is 14.9. The van der Waals surface area contributed by atoms with Crippen molar-refractivity contribution in [3.63, 3.8) is 0 Å². The van der Waals surface area contributed by atoms with E-state index >= 15 is 0 Å². The Balaban J connectivity index is 0.00000240. The summed E-state index contributed by atoms with van der Waals surface area (Å²) in [7, 11) is 0. The number of ether oxygens (including phenoxy) is 1. The summed E-state index contributed by atoms with van der Waals surface area (Å²) in [6, 6.07) is 7.98. The Morgan fingerprint density at radius 3 is 2.79 bits per heavy atom. The van der Waals surface area contributed by atoms with E-state index in [1.807, 2.05) is 13.0 Å². The van der Waals surface area contributed by atoms with Crippen molar-refractivity contribution in [3.05, 3.63) is 59.4 Å². The Morgan fingerprint density at radius 1 is 1.29 bits per heavy atom. The molecule has 2 aliphatic rings. The molecule has 0 saturated carbocycles. The van der Waals surface area contributed by atoms with E-state index in [2.05, 4.69) is 10.3 Å². The second-order valence-electron chi connectivity index (χ2n) is 7.24. The molecule has 28 heavy (non-hydrogen) atoms. The Hall–Kier alpha value is -2.48. The maximum Gasteiger partial charge on any atom is 0.416 e. The lowest BCUT2D eigenvalue weighted by molar-refractivity contribution is -0.137. The summed E-state index contributed by atoms with van der Waals surface area (Å²) in [4.78, 5) is 17.1. The smallest absolute Gasteiger partial charge is 0.370 e. The topological polar surface area (TPSA) is 51.2 Å². The highest BCUT2D eigenvalue weighted by atomic mass is 19.4. The van der Waals surface area contributed by atoms with Gasteiger partial charge in [-0.3, -0.25) is 9.78 Å². The molecule has 0 radical (unpaired) electrons. The number of carbonyl (C=O) groups excluding carboxylic acids is 1. The molecular formula is C20H20F4N2O2. The van der Waals surface area contributed by atoms with Gasteiger partial charge < -0.3 is 10.1 Å². The second kappa shape index (κ2) is 6.84. The number of benzene rings is 1. The quantitative estimate of drug-likeness (QED) is 0.777. The number of halogens is 4. The van der Waals surface area contributed by atoms with Crippen molar-refractivity contribution in [2.45, 2.75) is 43.8 Å². The Morgan fingerprint density at radius 2 is 2.07 bits per heavy atom. The number of rotatable bonds is 3. The van der Waals surface area contributed by atoms with Crippen LogP contribution in [0.3, 0.4) is 0 Å². The Kier molecular flexibility index (Phi) is 4.61. The van der Waals surface area contributed by atoms with Crippen LogP contribution in [0.25, 0.3) is 0 Å². The molecule has 1 aromatic carbocycles. The molecule has 4 nitrogen and oxygen atoms in total. The molecule has 2 bridgehead atoms. The van der Waals surface area contributed by atoms with Crippen molar-refractivity contribution in [2.75, 3.05) is 5.32 Å². The number of aromatic nitrogens is 1. The molecular weight excluding hydrogens is 376 g/mol. The van der Waals surface area contributed by atoms with Crippen LogP contribution in [0, 0.1) is 12.8 Å². The maximum atomic E-state index is 14.3. The summed E-state index contributed by atoms with van der Waals surface area (Å²) in [5.41, 5.74) is 0.729. The molecule has 1 amide bonds. The van der Waals surface area contributed by atoms with Crippen molar-refractivity contribution in [1.29, 1.82) is 0 Å². The van der Waals surface area contributed by atoms with Crippen LogP contribution in [-0.4, -0.2) is 29.3 Å². The number of amides is 1. The molecule has 1 N–H and O–H groups in total. The molecule has 2 saturated heterocycles. The zero-order chi connectivity index (χ0) is 20.1. The van der Waals surface area contributed by atoms with Gasteiger partial charge in [0.15, 0.2) is 0 Å². The molecule has 1 aromatic heterocycles. The van der Waals surface area contributed by atoms with E-state index in [9.17, 15) is 22.4 Å². The molecule has 4 rings (SSSR count). The molecule has 150 valence electrons. The van der Waals surface area contributed by atoms with Crippen molar-refractivity contribution in [3.8, 4) is 0 Å². The number of nitrogens with zero attached hydrogens (tertiary/aromatic N) is 1. The first-order chi connectivity index (χ1) is 13.2. The minimum atomic E-state index is -4.52. The van der Waals surface area contributed by atoms with Gasteiger partial charge in [0.1, 0.15) is 12.3 Å². The lowest BCUT2D eigenvalue weighted by Gasteiger charge is -2.29. The average Bonchev–Trinajstić information content (AvgIpc) is 3.18. The highest BCUT2D eigenvalue weighted by molar-refractivity contribution is 5.94. The number of carbonyl (C=O) groups is 1. The summed E-state index contributed by atoms with van der Waals surface area (Å²) >= 11 is 0. The number of pyridine rings is 1. The molecule has 0 unspecified atom stereocenters. The van der Waals surface area contributed by atoms with Gasteiger partial charge >= 0.3 is 6.18 Å². The molecule has 3 heterocycles. The fraction of sp³-hybridized carbons (Fsp3) is 0.400. The van der Waals surface area contributed by atoms with E-state index in [0.29, 0.717) is 0 Å². The minimum Gasteiger partial charge on any atom is -0.370 e. The predicted octanol–water partition coefficient (Wildman–Crippen LogP) is 4.50. The van der Waals surface area contributed by atoms with E-state index in [0.717, 1.165) is 23.4 Å². The maximum absolute atomic E-state index is 14.3. The van der Waals surface area contributed by atoms with Crippen LogP contribution < -0.4 is 5.32 Å². The molecule has 0 spiro atoms. The van der Waals surface area contributed by atoms with Gasteiger partial charge in [0.2, 0.25) is 5.91 Å². The van der Waals surface area contributed by atoms with Crippen LogP contribution in [0.15, 0.2) is 42.6 Å². The lowest BCUT2D eigenvalue weighted by atomic mass is 9.74. The molecule has 0 aliphatic carbocycles. The van der Waals surface area contributed by atoms with Gasteiger partial charge in [-0.15, -0.1) is 0 Å². The predicted molar refractivity (Wildman–Crippen MR) is 95.6 cm³/mol. The fourth-order valence-corrected chi connectivity index (χ4v) is 4.18. The monoisotopic (exact) mass is 396 g/mol. The number of anilines is 1. The first kappa shape index (κ1) is 18.9. The van der Waals surface area contributed by atoms with Crippen molar-refractivity contribution >= 4 is 11.6 Å². The van der Waals surface area contributed by atoms with Gasteiger partial charge in [-0.1, -0.05) is 6.07 Å². The van der Waals surface area contributed by atoms with Crippen LogP contribution in [0.1, 0.15) is 30.6 Å². The molecule has 2 fully saturated rings. The van der Waals surface area contributed by atoms with E-state index in [-0.39, 0.29) is 19.5 Å². The summed E-state index contributed by atoms with van der Waals surface area (Å²) in [6.07, 6.45) is -5.33. The normalized spacial score (nSPS) is 29.1. The lowest BCUT2D eigenvalue weighted by Crippen LogP contribution is -2.41. The number of nitrogens with one attached hydrogen (secondary N) is 1. The van der Waals surface area contributed by atoms with E-state index in [4.69, 9.17) is 4.74 Å². The highest BCUT2D eigenvalue weighted by Crippen LogP contribution is 2.50. The van der Waals surface area contributed by atoms with Gasteiger partial charge in [0.25, 0.3) is 0 Å². The molecule has 5 atom stereocenters. The Bertz CT molecular complexity index is 908. The van der Waals surface area contributed by atoms with E-state index in [1.165, 1.54) is 12.1 Å². The second-order valence-corrected chi connectivity index (χ2v) is 7.24. The van der Waals surface area contributed by atoms with Crippen LogP contribution in [-0.2, 0) is 15.7 Å². The fourth-order valence-electron chi connectivity index (χ4n) is 4.18. The minimum absolute atomic E-state index is 0. The van der Waals surface area contributed by atoms with Crippen LogP contribution >= 0.6 is 0 Å². The standard InChI is InChI=1S/C20H18F4N2O2.H2/c1-10-7-11(5-6-25-10)16-15-9-14(21)18(28-15)17(16)19(27)26-13-4-2-3-12(8-13)20(22,23)24;/h2-8,14-18H,9H2,1H3,(H,26,27);1H/t14-,15+,16+,17-,18-;/m1./s1. The average molecular weight is 396 g/mol. The van der Waals surface area contributed by atoms with E-state index in [1.54, 1.807) is 12.3 Å². The van der Waals surface area contributed by atoms with Crippen molar-refractivity contribution < 1.29 is 28.5 Å². The SMILES string of the molecule is Cc1cc([C@@H]2[C@@H](C(=O)Nc3cccc(C(F)(F)F)c3)[C@@H]3O[C@H]2C[C@H]3F)ccn1.[HH]. The van der Waals surface area contributed by atoms with Crippen molar-refractivity contribution in [1.82, 2.24) is 4.98 Å². The third-order valence-electron chi connectivity index (χ3n) is 5.35. The Labute approximate surface area is 160 Å². The van der Waals surface area contributed by atoms with Crippen LogP contribution in [0.5, 0.6) is 0 Å². The zero-order valence-electron chi connectivity index (χ0n) is 14.9. The van der Waals surface area contributed by atoms with Gasteiger partial charge in [0.05, 0.1) is 17.6 Å². The number of hydrogen-bond acceptors (Lipinski definition) is 3. The summed E-state index contributed by atoms with van der Waals surface area (Å²) in [5.74, 6) is -1.75. The van der Waals surface area contributed by atoms with Gasteiger partial charge in [0, 0.05) is 31.3 Å². The number of hydrogen-bond donors (Lipinski definition) is 1. The molecule has 2 aromatic rings.